The first-order valence-electron chi connectivity index (χ1n) is 9.30. The molecule has 1 aliphatic heterocycles. The van der Waals surface area contributed by atoms with Crippen LogP contribution in [0.3, 0.4) is 0 Å². The van der Waals surface area contributed by atoms with Crippen LogP contribution >= 0.6 is 11.8 Å². The number of nitrogens with one attached hydrogen (secondary N) is 1. The van der Waals surface area contributed by atoms with Crippen LogP contribution in [0.1, 0.15) is 26.7 Å². The van der Waals surface area contributed by atoms with Gasteiger partial charge >= 0.3 is 12.1 Å². The van der Waals surface area contributed by atoms with Gasteiger partial charge in [-0.1, -0.05) is 18.2 Å². The largest absolute Gasteiger partial charge is 0.506 e. The fraction of sp³-hybridized carbons (Fsp3) is 0.190. The third kappa shape index (κ3) is 3.79. The van der Waals surface area contributed by atoms with Crippen LogP contribution in [0.15, 0.2) is 52.2 Å². The van der Waals surface area contributed by atoms with E-state index in [1.165, 1.54) is 34.5 Å². The second kappa shape index (κ2) is 7.90. The number of halogens is 3. The van der Waals surface area contributed by atoms with Crippen LogP contribution in [0.25, 0.3) is 10.9 Å². The summed E-state index contributed by atoms with van der Waals surface area (Å²) < 4.78 is 39.9. The van der Waals surface area contributed by atoms with Crippen molar-refractivity contribution >= 4 is 34.5 Å². The smallest absolute Gasteiger partial charge is 0.416 e. The summed E-state index contributed by atoms with van der Waals surface area (Å²) in [4.78, 5) is 36.9. The number of aliphatic carboxylic acids is 1. The molecule has 4 rings (SSSR count). The zero-order chi connectivity index (χ0) is 23.2. The van der Waals surface area contributed by atoms with Gasteiger partial charge in [0.25, 0.3) is 11.5 Å². The lowest BCUT2D eigenvalue weighted by Gasteiger charge is -2.27. The zero-order valence-corrected chi connectivity index (χ0v) is 17.0. The highest BCUT2D eigenvalue weighted by Crippen LogP contribution is 2.45. The first-order chi connectivity index (χ1) is 15.1. The predicted octanol–water partition coefficient (Wildman–Crippen LogP) is 3.39. The van der Waals surface area contributed by atoms with E-state index >= 15 is 0 Å². The van der Waals surface area contributed by atoms with Crippen LogP contribution in [-0.4, -0.2) is 33.2 Å². The van der Waals surface area contributed by atoms with Crippen molar-refractivity contribution in [2.24, 2.45) is 0 Å². The van der Waals surface area contributed by atoms with E-state index in [2.05, 4.69) is 5.32 Å². The fourth-order valence-corrected chi connectivity index (χ4v) is 4.91. The molecule has 0 saturated heterocycles. The molecular weight excluding hydrogens is 449 g/mol. The Morgan fingerprint density at radius 3 is 2.47 bits per heavy atom. The van der Waals surface area contributed by atoms with Crippen molar-refractivity contribution in [2.45, 2.75) is 22.9 Å². The summed E-state index contributed by atoms with van der Waals surface area (Å²) >= 11 is 1.33. The van der Waals surface area contributed by atoms with Crippen molar-refractivity contribution in [2.75, 3.05) is 6.54 Å². The van der Waals surface area contributed by atoms with Crippen LogP contribution in [0.2, 0.25) is 0 Å². The number of rotatable bonds is 4. The molecule has 1 atom stereocenters. The quantitative estimate of drug-likeness (QED) is 0.546. The third-order valence-electron chi connectivity index (χ3n) is 5.07. The molecule has 0 spiro atoms. The fourth-order valence-electron chi connectivity index (χ4n) is 3.60. The number of thioether (sulfide) groups is 1. The summed E-state index contributed by atoms with van der Waals surface area (Å²) in [7, 11) is 0. The van der Waals surface area contributed by atoms with Crippen molar-refractivity contribution in [3.63, 3.8) is 0 Å². The Hall–Kier alpha value is -3.47. The Labute approximate surface area is 182 Å². The normalized spacial score (nSPS) is 15.5. The molecule has 3 N–H and O–H groups in total. The van der Waals surface area contributed by atoms with Crippen molar-refractivity contribution < 1.29 is 33.0 Å². The average molecular weight is 464 g/mol. The summed E-state index contributed by atoms with van der Waals surface area (Å²) in [5.41, 5.74) is -1.24. The first kappa shape index (κ1) is 21.8. The number of hydrogen-bond acceptors (Lipinski definition) is 5. The Balaban J connectivity index is 1.79. The van der Waals surface area contributed by atoms with Gasteiger partial charge in [-0.25, -0.2) is 0 Å². The van der Waals surface area contributed by atoms with Gasteiger partial charge in [0.2, 0.25) is 0 Å². The summed E-state index contributed by atoms with van der Waals surface area (Å²) in [5.74, 6) is -2.91. The van der Waals surface area contributed by atoms with Gasteiger partial charge in [-0.3, -0.25) is 14.4 Å². The number of amides is 1. The maximum atomic E-state index is 13.1. The number of nitrogens with zero attached hydrogens (tertiary/aromatic N) is 1. The van der Waals surface area contributed by atoms with E-state index in [1.54, 1.807) is 12.1 Å². The molecule has 1 aliphatic rings. The number of hydrogen-bond donors (Lipinski definition) is 3. The summed E-state index contributed by atoms with van der Waals surface area (Å²) in [5, 5.41) is 21.2. The van der Waals surface area contributed by atoms with Gasteiger partial charge in [0.05, 0.1) is 16.3 Å². The molecule has 0 aliphatic carbocycles. The molecule has 166 valence electrons. The Morgan fingerprint density at radius 1 is 1.16 bits per heavy atom. The lowest BCUT2D eigenvalue weighted by Crippen LogP contribution is -2.37. The Bertz CT molecular complexity index is 1300. The SMILES string of the molecule is O=C(O)CNC(=O)c1c(O)c2cccc3c2n(c1=O)CC(c1ccc(C(F)(F)F)cc1)S3. The molecule has 11 heteroatoms. The third-order valence-corrected chi connectivity index (χ3v) is 6.36. The number of para-hydroxylation sites is 1. The second-order valence-corrected chi connectivity index (χ2v) is 8.34. The van der Waals surface area contributed by atoms with E-state index in [-0.39, 0.29) is 11.9 Å². The Kier molecular flexibility index (Phi) is 5.37. The summed E-state index contributed by atoms with van der Waals surface area (Å²) in [6.45, 7) is -0.693. The number of alkyl halides is 3. The summed E-state index contributed by atoms with van der Waals surface area (Å²) in [6.07, 6.45) is -4.47. The van der Waals surface area contributed by atoms with Gasteiger partial charge in [0, 0.05) is 16.8 Å². The number of benzene rings is 2. The van der Waals surface area contributed by atoms with E-state index in [1.807, 2.05) is 0 Å². The van der Waals surface area contributed by atoms with E-state index < -0.39 is 52.3 Å². The van der Waals surface area contributed by atoms with Crippen molar-refractivity contribution in [1.29, 1.82) is 0 Å². The Morgan fingerprint density at radius 2 is 1.84 bits per heavy atom. The predicted molar refractivity (Wildman–Crippen MR) is 110 cm³/mol. The zero-order valence-electron chi connectivity index (χ0n) is 16.1. The lowest BCUT2D eigenvalue weighted by molar-refractivity contribution is -0.138. The van der Waals surface area contributed by atoms with E-state index in [0.717, 1.165) is 12.1 Å². The maximum absolute atomic E-state index is 13.1. The minimum absolute atomic E-state index is 0.0435. The number of aromatic nitrogens is 1. The minimum Gasteiger partial charge on any atom is -0.506 e. The number of carbonyl (C=O) groups excluding carboxylic acids is 1. The van der Waals surface area contributed by atoms with E-state index in [4.69, 9.17) is 5.11 Å². The number of aromatic hydroxyl groups is 1. The van der Waals surface area contributed by atoms with Crippen molar-refractivity contribution in [1.82, 2.24) is 9.88 Å². The molecule has 1 unspecified atom stereocenters. The van der Waals surface area contributed by atoms with Crippen molar-refractivity contribution in [3.8, 4) is 5.75 Å². The highest BCUT2D eigenvalue weighted by molar-refractivity contribution is 7.99. The molecule has 2 heterocycles. The van der Waals surface area contributed by atoms with Crippen LogP contribution in [0.5, 0.6) is 5.75 Å². The van der Waals surface area contributed by atoms with Gasteiger partial charge in [-0.2, -0.15) is 13.2 Å². The molecule has 0 fully saturated rings. The number of carbonyl (C=O) groups is 2. The standard InChI is InChI=1S/C21H15F3N2O5S/c22-21(23,24)11-6-4-10(5-7-11)14-9-26-17-12(2-1-3-13(17)32-14)18(29)16(20(26)31)19(30)25-8-15(27)28/h1-7,14,29H,8-9H2,(H,25,30)(H,27,28). The van der Waals surface area contributed by atoms with Crippen LogP contribution < -0.4 is 10.9 Å². The second-order valence-electron chi connectivity index (χ2n) is 7.09. The maximum Gasteiger partial charge on any atom is 0.416 e. The van der Waals surface area contributed by atoms with Gasteiger partial charge in [-0.15, -0.1) is 11.8 Å². The molecular formula is C21H15F3N2O5S. The number of carboxylic acid groups (broad SMARTS) is 1. The number of carboxylic acids is 1. The summed E-state index contributed by atoms with van der Waals surface area (Å²) in [6, 6.07) is 9.48. The topological polar surface area (TPSA) is 109 Å². The highest BCUT2D eigenvalue weighted by atomic mass is 32.2. The molecule has 0 radical (unpaired) electrons. The molecule has 0 bridgehead atoms. The first-order valence-corrected chi connectivity index (χ1v) is 10.2. The van der Waals surface area contributed by atoms with Crippen LogP contribution in [0, 0.1) is 0 Å². The molecule has 0 saturated carbocycles. The lowest BCUT2D eigenvalue weighted by atomic mass is 10.1. The van der Waals surface area contributed by atoms with Crippen LogP contribution in [0.4, 0.5) is 13.2 Å². The van der Waals surface area contributed by atoms with Gasteiger partial charge in [0.15, 0.2) is 0 Å². The molecule has 1 aromatic heterocycles. The van der Waals surface area contributed by atoms with Crippen molar-refractivity contribution in [3.05, 3.63) is 69.5 Å². The number of pyridine rings is 1. The van der Waals surface area contributed by atoms with Crippen LogP contribution in [-0.2, 0) is 17.5 Å². The van der Waals surface area contributed by atoms with Gasteiger partial charge < -0.3 is 20.1 Å². The minimum atomic E-state index is -4.47. The average Bonchev–Trinajstić information content (AvgIpc) is 2.75. The van der Waals surface area contributed by atoms with Gasteiger partial charge in [0.1, 0.15) is 17.9 Å². The molecule has 1 amide bonds. The van der Waals surface area contributed by atoms with E-state index in [0.29, 0.717) is 16.0 Å². The molecule has 2 aromatic carbocycles. The highest BCUT2D eigenvalue weighted by Gasteiger charge is 2.32. The molecule has 7 nitrogen and oxygen atoms in total. The van der Waals surface area contributed by atoms with E-state index in [9.17, 15) is 32.7 Å². The molecule has 3 aromatic rings. The monoisotopic (exact) mass is 464 g/mol. The molecule has 32 heavy (non-hydrogen) atoms. The van der Waals surface area contributed by atoms with Gasteiger partial charge in [-0.05, 0) is 29.8 Å².